The van der Waals surface area contributed by atoms with Gasteiger partial charge in [-0.1, -0.05) is 38.8 Å². The fourth-order valence-electron chi connectivity index (χ4n) is 3.55. The van der Waals surface area contributed by atoms with Crippen LogP contribution in [0.4, 0.5) is 0 Å². The number of likely N-dealkylation sites (tertiary alicyclic amines) is 1. The summed E-state index contributed by atoms with van der Waals surface area (Å²) in [6.07, 6.45) is 1.57. The molecule has 2 N–H and O–H groups in total. The van der Waals surface area contributed by atoms with Crippen LogP contribution in [-0.4, -0.2) is 42.4 Å². The Labute approximate surface area is 162 Å². The Balaban J connectivity index is 2.00. The third-order valence-corrected chi connectivity index (χ3v) is 4.93. The van der Waals surface area contributed by atoms with E-state index in [2.05, 4.69) is 22.5 Å². The van der Waals surface area contributed by atoms with E-state index in [1.807, 2.05) is 45.0 Å². The van der Waals surface area contributed by atoms with Gasteiger partial charge in [0, 0.05) is 18.7 Å². The number of hydrogen-bond donors (Lipinski definition) is 2. The first kappa shape index (κ1) is 21.0. The zero-order chi connectivity index (χ0) is 20.0. The van der Waals surface area contributed by atoms with Crippen LogP contribution in [0.5, 0.6) is 0 Å². The van der Waals surface area contributed by atoms with Crippen LogP contribution in [0.2, 0.25) is 0 Å². The molecule has 2 atom stereocenters. The summed E-state index contributed by atoms with van der Waals surface area (Å²) in [4.78, 5) is 27.4. The molecule has 2 rings (SSSR count). The van der Waals surface area contributed by atoms with Crippen molar-refractivity contribution >= 4 is 11.8 Å². The molecule has 27 heavy (non-hydrogen) atoms. The van der Waals surface area contributed by atoms with Gasteiger partial charge in [0.15, 0.2) is 0 Å². The van der Waals surface area contributed by atoms with Gasteiger partial charge in [-0.15, -0.1) is 5.92 Å². The van der Waals surface area contributed by atoms with Gasteiger partial charge in [0.25, 0.3) is 0 Å². The van der Waals surface area contributed by atoms with Crippen LogP contribution in [0.15, 0.2) is 24.3 Å². The molecule has 5 nitrogen and oxygen atoms in total. The van der Waals surface area contributed by atoms with E-state index in [1.54, 1.807) is 18.9 Å². The molecule has 0 saturated carbocycles. The molecule has 0 aliphatic carbocycles. The maximum atomic E-state index is 13.0. The van der Waals surface area contributed by atoms with E-state index >= 15 is 0 Å². The predicted octanol–water partition coefficient (Wildman–Crippen LogP) is 2.30. The highest BCUT2D eigenvalue weighted by atomic mass is 16.2. The van der Waals surface area contributed by atoms with E-state index in [0.29, 0.717) is 19.5 Å². The lowest BCUT2D eigenvalue weighted by Gasteiger charge is -2.34. The molecule has 146 valence electrons. The fourth-order valence-corrected chi connectivity index (χ4v) is 3.55. The largest absolute Gasteiger partial charge is 0.350 e. The summed E-state index contributed by atoms with van der Waals surface area (Å²) in [7, 11) is 1.80. The van der Waals surface area contributed by atoms with Crippen molar-refractivity contribution < 1.29 is 9.59 Å². The molecule has 0 radical (unpaired) electrons. The zero-order valence-corrected chi connectivity index (χ0v) is 17.1. The topological polar surface area (TPSA) is 61.4 Å². The molecular weight excluding hydrogens is 338 g/mol. The molecule has 2 unspecified atom stereocenters. The number of benzene rings is 1. The summed E-state index contributed by atoms with van der Waals surface area (Å²) in [5.74, 6) is 5.79. The second kappa shape index (κ2) is 9.05. The minimum Gasteiger partial charge on any atom is -0.350 e. The Morgan fingerprint density at radius 2 is 1.93 bits per heavy atom. The highest BCUT2D eigenvalue weighted by molar-refractivity contribution is 5.90. The first-order valence-corrected chi connectivity index (χ1v) is 9.55. The smallest absolute Gasteiger partial charge is 0.243 e. The second-order valence-electron chi connectivity index (χ2n) is 8.07. The van der Waals surface area contributed by atoms with Crippen molar-refractivity contribution in [3.8, 4) is 11.8 Å². The van der Waals surface area contributed by atoms with Gasteiger partial charge in [-0.25, -0.2) is 0 Å². The summed E-state index contributed by atoms with van der Waals surface area (Å²) >= 11 is 0. The highest BCUT2D eigenvalue weighted by Gasteiger charge is 2.40. The maximum absolute atomic E-state index is 13.0. The first-order valence-electron chi connectivity index (χ1n) is 9.55. The number of carbonyl (C=O) groups excluding carboxylic acids is 2. The SMILES string of the molecule is CC#Cc1ccc(CNC(=O)C2CCCN2C(=O)C(NC)C(C)(C)C)cc1. The third kappa shape index (κ3) is 5.33. The van der Waals surface area contributed by atoms with E-state index in [1.165, 1.54) is 0 Å². The van der Waals surface area contributed by atoms with E-state index in [0.717, 1.165) is 17.5 Å². The van der Waals surface area contributed by atoms with Crippen LogP contribution in [0, 0.1) is 17.3 Å². The van der Waals surface area contributed by atoms with E-state index in [-0.39, 0.29) is 29.3 Å². The molecule has 1 aliphatic heterocycles. The van der Waals surface area contributed by atoms with Gasteiger partial charge in [0.05, 0.1) is 6.04 Å². The molecule has 1 aromatic rings. The van der Waals surface area contributed by atoms with Crippen LogP contribution in [-0.2, 0) is 16.1 Å². The number of carbonyl (C=O) groups is 2. The van der Waals surface area contributed by atoms with Crippen LogP contribution in [0.3, 0.4) is 0 Å². The summed E-state index contributed by atoms with van der Waals surface area (Å²) in [6.45, 7) is 8.99. The number of hydrogen-bond acceptors (Lipinski definition) is 3. The van der Waals surface area contributed by atoms with Gasteiger partial charge >= 0.3 is 0 Å². The normalized spacial score (nSPS) is 17.8. The second-order valence-corrected chi connectivity index (χ2v) is 8.07. The van der Waals surface area contributed by atoms with Crippen LogP contribution in [0.1, 0.15) is 51.7 Å². The van der Waals surface area contributed by atoms with Crippen LogP contribution >= 0.6 is 0 Å². The van der Waals surface area contributed by atoms with Gasteiger partial charge < -0.3 is 15.5 Å². The summed E-state index contributed by atoms with van der Waals surface area (Å²) in [5, 5.41) is 6.10. The number of nitrogens with one attached hydrogen (secondary N) is 2. The molecule has 1 aromatic carbocycles. The Morgan fingerprint density at radius 1 is 1.26 bits per heavy atom. The van der Waals surface area contributed by atoms with Gasteiger partial charge in [-0.05, 0) is 49.9 Å². The number of rotatable bonds is 5. The lowest BCUT2D eigenvalue weighted by atomic mass is 9.86. The Kier molecular flexibility index (Phi) is 7.04. The van der Waals surface area contributed by atoms with E-state index in [9.17, 15) is 9.59 Å². The van der Waals surface area contributed by atoms with Crippen molar-refractivity contribution in [1.29, 1.82) is 0 Å². The molecule has 0 spiro atoms. The van der Waals surface area contributed by atoms with Crippen LogP contribution < -0.4 is 10.6 Å². The Bertz CT molecular complexity index is 723. The summed E-state index contributed by atoms with van der Waals surface area (Å²) < 4.78 is 0. The van der Waals surface area contributed by atoms with Crippen molar-refractivity contribution in [2.45, 2.75) is 59.2 Å². The monoisotopic (exact) mass is 369 g/mol. The molecule has 1 heterocycles. The van der Waals surface area contributed by atoms with Crippen molar-refractivity contribution in [2.75, 3.05) is 13.6 Å². The molecule has 0 bridgehead atoms. The van der Waals surface area contributed by atoms with Crippen molar-refractivity contribution in [1.82, 2.24) is 15.5 Å². The average Bonchev–Trinajstić information content (AvgIpc) is 3.10. The standard InChI is InChI=1S/C22H31N3O2/c1-6-8-16-10-12-17(13-11-16)15-24-20(26)18-9-7-14-25(18)21(27)19(23-5)22(2,3)4/h10-13,18-19,23H,7,9,14-15H2,1-5H3,(H,24,26). The van der Waals surface area contributed by atoms with Gasteiger partial charge in [-0.3, -0.25) is 9.59 Å². The number of likely N-dealkylation sites (N-methyl/N-ethyl adjacent to an activating group) is 1. The first-order chi connectivity index (χ1) is 12.8. The minimum atomic E-state index is -0.388. The van der Waals surface area contributed by atoms with E-state index < -0.39 is 0 Å². The number of amides is 2. The molecule has 0 aromatic heterocycles. The quantitative estimate of drug-likeness (QED) is 0.783. The Morgan fingerprint density at radius 3 is 2.48 bits per heavy atom. The van der Waals surface area contributed by atoms with Crippen LogP contribution in [0.25, 0.3) is 0 Å². The van der Waals surface area contributed by atoms with E-state index in [4.69, 9.17) is 0 Å². The number of nitrogens with zero attached hydrogens (tertiary/aromatic N) is 1. The lowest BCUT2D eigenvalue weighted by molar-refractivity contribution is -0.142. The fraction of sp³-hybridized carbons (Fsp3) is 0.545. The lowest BCUT2D eigenvalue weighted by Crippen LogP contribution is -2.55. The molecule has 1 fully saturated rings. The summed E-state index contributed by atoms with van der Waals surface area (Å²) in [5.41, 5.74) is 1.77. The Hall–Kier alpha value is -2.32. The molecule has 2 amide bonds. The summed E-state index contributed by atoms with van der Waals surface area (Å²) in [6, 6.07) is 7.13. The highest BCUT2D eigenvalue weighted by Crippen LogP contribution is 2.25. The predicted molar refractivity (Wildman–Crippen MR) is 108 cm³/mol. The van der Waals surface area contributed by atoms with Crippen molar-refractivity contribution in [3.63, 3.8) is 0 Å². The maximum Gasteiger partial charge on any atom is 0.243 e. The molecule has 1 aliphatic rings. The molecule has 5 heteroatoms. The van der Waals surface area contributed by atoms with Gasteiger partial charge in [0.1, 0.15) is 6.04 Å². The third-order valence-electron chi connectivity index (χ3n) is 4.93. The minimum absolute atomic E-state index is 0.00476. The van der Waals surface area contributed by atoms with Gasteiger partial charge in [0.2, 0.25) is 11.8 Å². The van der Waals surface area contributed by atoms with Crippen molar-refractivity contribution in [2.24, 2.45) is 5.41 Å². The molecular formula is C22H31N3O2. The zero-order valence-electron chi connectivity index (χ0n) is 17.1. The molecule has 1 saturated heterocycles. The van der Waals surface area contributed by atoms with Crippen molar-refractivity contribution in [3.05, 3.63) is 35.4 Å². The van der Waals surface area contributed by atoms with Gasteiger partial charge in [-0.2, -0.15) is 0 Å². The average molecular weight is 370 g/mol.